The van der Waals surface area contributed by atoms with Crippen LogP contribution in [-0.4, -0.2) is 22.7 Å². The molecule has 1 heterocycles. The molecule has 3 unspecified atom stereocenters. The maximum Gasteiger partial charge on any atom is 0.0794 e. The molecule has 15 heavy (non-hydrogen) atoms. The molecule has 0 radical (unpaired) electrons. The summed E-state index contributed by atoms with van der Waals surface area (Å²) in [5.74, 6) is 0.491. The first kappa shape index (κ1) is 12.6. The van der Waals surface area contributed by atoms with Crippen LogP contribution in [0.1, 0.15) is 38.1 Å². The van der Waals surface area contributed by atoms with Gasteiger partial charge in [0.25, 0.3) is 0 Å². The molecule has 0 aliphatic heterocycles. The van der Waals surface area contributed by atoms with Crippen LogP contribution in [0.5, 0.6) is 0 Å². The summed E-state index contributed by atoms with van der Waals surface area (Å²) in [5.41, 5.74) is 1.84. The van der Waals surface area contributed by atoms with Crippen molar-refractivity contribution in [3.63, 3.8) is 0 Å². The third-order valence-electron chi connectivity index (χ3n) is 2.87. The number of aliphatic hydroxyl groups is 1. The molecule has 3 nitrogen and oxygen atoms in total. The predicted molar refractivity (Wildman–Crippen MR) is 64.0 cm³/mol. The predicted octanol–water partition coefficient (Wildman–Crippen LogP) is 2.20. The van der Waals surface area contributed by atoms with Crippen molar-refractivity contribution >= 4 is 11.3 Å². The molecule has 0 fully saturated rings. The highest BCUT2D eigenvalue weighted by molar-refractivity contribution is 7.09. The monoisotopic (exact) mass is 228 g/mol. The van der Waals surface area contributed by atoms with E-state index in [0.29, 0.717) is 5.92 Å². The van der Waals surface area contributed by atoms with Crippen LogP contribution in [0.4, 0.5) is 0 Å². The molecule has 86 valence electrons. The Morgan fingerprint density at radius 3 is 2.73 bits per heavy atom. The van der Waals surface area contributed by atoms with Crippen LogP contribution >= 0.6 is 11.3 Å². The highest BCUT2D eigenvalue weighted by Gasteiger charge is 2.18. The van der Waals surface area contributed by atoms with Gasteiger partial charge in [0.2, 0.25) is 0 Å². The van der Waals surface area contributed by atoms with Crippen LogP contribution in [0, 0.1) is 5.92 Å². The van der Waals surface area contributed by atoms with Gasteiger partial charge in [-0.1, -0.05) is 20.3 Å². The van der Waals surface area contributed by atoms with Gasteiger partial charge in [-0.15, -0.1) is 11.3 Å². The lowest BCUT2D eigenvalue weighted by Crippen LogP contribution is -2.39. The fraction of sp³-hybridized carbons (Fsp3) is 0.727. The number of rotatable bonds is 6. The van der Waals surface area contributed by atoms with Gasteiger partial charge in [0.05, 0.1) is 12.1 Å². The van der Waals surface area contributed by atoms with Crippen molar-refractivity contribution in [1.82, 2.24) is 10.3 Å². The zero-order valence-electron chi connectivity index (χ0n) is 9.60. The SMILES string of the molecule is CCC(C)C(CO)NC(C)c1cncs1. The third-order valence-corrected chi connectivity index (χ3v) is 3.83. The van der Waals surface area contributed by atoms with E-state index in [-0.39, 0.29) is 18.7 Å². The first-order chi connectivity index (χ1) is 7.19. The molecule has 0 aliphatic rings. The van der Waals surface area contributed by atoms with Crippen LogP contribution in [-0.2, 0) is 0 Å². The van der Waals surface area contributed by atoms with Crippen LogP contribution in [0.15, 0.2) is 11.7 Å². The van der Waals surface area contributed by atoms with Crippen molar-refractivity contribution in [3.8, 4) is 0 Å². The van der Waals surface area contributed by atoms with Crippen LogP contribution < -0.4 is 5.32 Å². The molecule has 0 aromatic carbocycles. The maximum atomic E-state index is 9.30. The first-order valence-electron chi connectivity index (χ1n) is 5.44. The Morgan fingerprint density at radius 1 is 1.53 bits per heavy atom. The Bertz CT molecular complexity index is 264. The summed E-state index contributed by atoms with van der Waals surface area (Å²) >= 11 is 1.65. The average Bonchev–Trinajstić information content (AvgIpc) is 2.77. The van der Waals surface area contributed by atoms with Gasteiger partial charge in [0.15, 0.2) is 0 Å². The normalized spacial score (nSPS) is 17.3. The van der Waals surface area contributed by atoms with Crippen molar-refractivity contribution in [2.75, 3.05) is 6.61 Å². The van der Waals surface area contributed by atoms with Gasteiger partial charge in [0.1, 0.15) is 0 Å². The summed E-state index contributed by atoms with van der Waals surface area (Å²) in [6.45, 7) is 6.61. The van der Waals surface area contributed by atoms with E-state index < -0.39 is 0 Å². The molecule has 0 bridgehead atoms. The van der Waals surface area contributed by atoms with E-state index in [0.717, 1.165) is 6.42 Å². The number of hydrogen-bond acceptors (Lipinski definition) is 4. The lowest BCUT2D eigenvalue weighted by Gasteiger charge is -2.25. The van der Waals surface area contributed by atoms with E-state index in [9.17, 15) is 5.11 Å². The van der Waals surface area contributed by atoms with Gasteiger partial charge < -0.3 is 10.4 Å². The van der Waals surface area contributed by atoms with Crippen molar-refractivity contribution in [3.05, 3.63) is 16.6 Å². The Morgan fingerprint density at radius 2 is 2.27 bits per heavy atom. The fourth-order valence-electron chi connectivity index (χ4n) is 1.52. The van der Waals surface area contributed by atoms with E-state index in [2.05, 4.69) is 31.1 Å². The van der Waals surface area contributed by atoms with E-state index in [1.807, 2.05) is 11.7 Å². The summed E-state index contributed by atoms with van der Waals surface area (Å²) in [6.07, 6.45) is 2.96. The summed E-state index contributed by atoms with van der Waals surface area (Å²) in [5, 5.41) is 12.7. The highest BCUT2D eigenvalue weighted by atomic mass is 32.1. The van der Waals surface area contributed by atoms with E-state index >= 15 is 0 Å². The van der Waals surface area contributed by atoms with Crippen LogP contribution in [0.25, 0.3) is 0 Å². The molecular weight excluding hydrogens is 208 g/mol. The van der Waals surface area contributed by atoms with Gasteiger partial charge in [-0.2, -0.15) is 0 Å². The minimum Gasteiger partial charge on any atom is -0.395 e. The number of aromatic nitrogens is 1. The molecule has 3 atom stereocenters. The first-order valence-corrected chi connectivity index (χ1v) is 6.32. The maximum absolute atomic E-state index is 9.30. The zero-order valence-corrected chi connectivity index (χ0v) is 10.4. The Labute approximate surface area is 95.6 Å². The number of nitrogens with one attached hydrogen (secondary N) is 1. The van der Waals surface area contributed by atoms with E-state index in [1.165, 1.54) is 4.88 Å². The number of hydrogen-bond donors (Lipinski definition) is 2. The van der Waals surface area contributed by atoms with Crippen molar-refractivity contribution < 1.29 is 5.11 Å². The lowest BCUT2D eigenvalue weighted by atomic mass is 9.99. The zero-order chi connectivity index (χ0) is 11.3. The molecule has 1 aromatic rings. The third kappa shape index (κ3) is 3.55. The molecular formula is C11H20N2OS. The average molecular weight is 228 g/mol. The van der Waals surface area contributed by atoms with Gasteiger partial charge in [0, 0.05) is 23.2 Å². The quantitative estimate of drug-likeness (QED) is 0.784. The van der Waals surface area contributed by atoms with Gasteiger partial charge in [-0.25, -0.2) is 0 Å². The van der Waals surface area contributed by atoms with E-state index in [4.69, 9.17) is 0 Å². The largest absolute Gasteiger partial charge is 0.395 e. The molecule has 1 rings (SSSR count). The molecule has 0 spiro atoms. The summed E-state index contributed by atoms with van der Waals surface area (Å²) in [7, 11) is 0. The van der Waals surface area contributed by atoms with Crippen LogP contribution in [0.2, 0.25) is 0 Å². The van der Waals surface area contributed by atoms with Crippen molar-refractivity contribution in [2.24, 2.45) is 5.92 Å². The molecule has 0 saturated carbocycles. The second-order valence-corrected chi connectivity index (χ2v) is 4.88. The van der Waals surface area contributed by atoms with Crippen molar-refractivity contribution in [2.45, 2.75) is 39.3 Å². The Balaban J connectivity index is 2.52. The second kappa shape index (κ2) is 6.20. The molecule has 0 aliphatic carbocycles. The summed E-state index contributed by atoms with van der Waals surface area (Å²) < 4.78 is 0. The standard InChI is InChI=1S/C11H20N2OS/c1-4-8(2)10(6-14)13-9(3)11-5-12-7-15-11/h5,7-10,13-14H,4,6H2,1-3H3. The molecule has 0 saturated heterocycles. The highest BCUT2D eigenvalue weighted by Crippen LogP contribution is 2.19. The smallest absolute Gasteiger partial charge is 0.0794 e. The molecule has 2 N–H and O–H groups in total. The van der Waals surface area contributed by atoms with E-state index in [1.54, 1.807) is 11.3 Å². The van der Waals surface area contributed by atoms with Gasteiger partial charge in [-0.05, 0) is 12.8 Å². The van der Waals surface area contributed by atoms with Crippen molar-refractivity contribution in [1.29, 1.82) is 0 Å². The minimum atomic E-state index is 0.173. The molecule has 1 aromatic heterocycles. The van der Waals surface area contributed by atoms with Crippen LogP contribution in [0.3, 0.4) is 0 Å². The number of thiazole rings is 1. The molecule has 4 heteroatoms. The Kier molecular flexibility index (Phi) is 5.22. The summed E-state index contributed by atoms with van der Waals surface area (Å²) in [4.78, 5) is 5.28. The summed E-state index contributed by atoms with van der Waals surface area (Å²) in [6, 6.07) is 0.441. The second-order valence-electron chi connectivity index (χ2n) is 3.97. The minimum absolute atomic E-state index is 0.173. The number of aliphatic hydroxyl groups excluding tert-OH is 1. The topological polar surface area (TPSA) is 45.1 Å². The van der Waals surface area contributed by atoms with Gasteiger partial charge >= 0.3 is 0 Å². The Hall–Kier alpha value is -0.450. The fourth-order valence-corrected chi connectivity index (χ4v) is 2.16. The lowest BCUT2D eigenvalue weighted by molar-refractivity contribution is 0.193. The van der Waals surface area contributed by atoms with Gasteiger partial charge in [-0.3, -0.25) is 4.98 Å². The number of nitrogens with zero attached hydrogens (tertiary/aromatic N) is 1. The molecule has 0 amide bonds.